The van der Waals surface area contributed by atoms with Gasteiger partial charge in [-0.2, -0.15) is 0 Å². The van der Waals surface area contributed by atoms with E-state index in [-0.39, 0.29) is 36.4 Å². The SMILES string of the molecule is CCO/C=C(\C(=O)OCC)C(=O)c1cc(Cl)c(N2CCCC2COc2ncccc2Cl)cc1F. The largest absolute Gasteiger partial charge is 0.500 e. The van der Waals surface area contributed by atoms with Crippen molar-refractivity contribution < 1.29 is 28.2 Å². The van der Waals surface area contributed by atoms with Crippen LogP contribution in [-0.4, -0.2) is 49.1 Å². The Hall–Kier alpha value is -2.84. The fourth-order valence-electron chi connectivity index (χ4n) is 3.62. The highest BCUT2D eigenvalue weighted by Crippen LogP contribution is 2.35. The molecule has 1 unspecified atom stereocenters. The highest BCUT2D eigenvalue weighted by atomic mass is 35.5. The maximum Gasteiger partial charge on any atom is 0.345 e. The van der Waals surface area contributed by atoms with Crippen molar-refractivity contribution in [2.24, 2.45) is 0 Å². The van der Waals surface area contributed by atoms with Gasteiger partial charge < -0.3 is 19.1 Å². The first-order valence-corrected chi connectivity index (χ1v) is 11.7. The number of nitrogens with zero attached hydrogens (tertiary/aromatic N) is 2. The summed E-state index contributed by atoms with van der Waals surface area (Å²) >= 11 is 12.6. The van der Waals surface area contributed by atoms with Crippen LogP contribution in [0.5, 0.6) is 5.88 Å². The fraction of sp³-hybridized carbons (Fsp3) is 0.375. The normalized spacial score (nSPS) is 15.9. The van der Waals surface area contributed by atoms with Crippen LogP contribution >= 0.6 is 23.2 Å². The molecule has 0 amide bonds. The highest BCUT2D eigenvalue weighted by molar-refractivity contribution is 6.34. The van der Waals surface area contributed by atoms with Gasteiger partial charge in [0.05, 0.1) is 35.5 Å². The smallest absolute Gasteiger partial charge is 0.345 e. The first-order chi connectivity index (χ1) is 16.4. The number of Topliss-reactive ketones (excluding diaryl/α,β-unsaturated/α-hetero) is 1. The number of esters is 1. The fourth-order valence-corrected chi connectivity index (χ4v) is 4.07. The molecule has 0 aliphatic carbocycles. The second kappa shape index (κ2) is 12.0. The number of anilines is 1. The van der Waals surface area contributed by atoms with Gasteiger partial charge in [-0.3, -0.25) is 4.79 Å². The molecule has 2 aromatic rings. The Morgan fingerprint density at radius 3 is 2.74 bits per heavy atom. The molecule has 1 aliphatic heterocycles. The summed E-state index contributed by atoms with van der Waals surface area (Å²) < 4.78 is 30.9. The molecule has 0 bridgehead atoms. The first kappa shape index (κ1) is 25.8. The van der Waals surface area contributed by atoms with Crippen LogP contribution in [0.1, 0.15) is 37.0 Å². The number of benzene rings is 1. The summed E-state index contributed by atoms with van der Waals surface area (Å²) in [5, 5.41) is 0.573. The van der Waals surface area contributed by atoms with Gasteiger partial charge in [-0.25, -0.2) is 14.2 Å². The number of hydrogen-bond donors (Lipinski definition) is 0. The van der Waals surface area contributed by atoms with Crippen molar-refractivity contribution in [2.45, 2.75) is 32.7 Å². The van der Waals surface area contributed by atoms with Crippen molar-refractivity contribution in [3.63, 3.8) is 0 Å². The number of pyridine rings is 1. The van der Waals surface area contributed by atoms with Gasteiger partial charge in [0.2, 0.25) is 11.7 Å². The summed E-state index contributed by atoms with van der Waals surface area (Å²) in [6.45, 7) is 4.48. The molecule has 1 saturated heterocycles. The predicted molar refractivity (Wildman–Crippen MR) is 127 cm³/mol. The third-order valence-electron chi connectivity index (χ3n) is 5.21. The zero-order valence-corrected chi connectivity index (χ0v) is 20.4. The van der Waals surface area contributed by atoms with Crippen LogP contribution in [0.2, 0.25) is 10.0 Å². The lowest BCUT2D eigenvalue weighted by Gasteiger charge is -2.28. The predicted octanol–water partition coefficient (Wildman–Crippen LogP) is 5.24. The number of aromatic nitrogens is 1. The third-order valence-corrected chi connectivity index (χ3v) is 5.80. The molecular formula is C24H25Cl2FN2O5. The average molecular weight is 511 g/mol. The van der Waals surface area contributed by atoms with E-state index in [4.69, 9.17) is 37.4 Å². The second-order valence-electron chi connectivity index (χ2n) is 7.41. The molecule has 0 saturated carbocycles. The van der Waals surface area contributed by atoms with Crippen LogP contribution < -0.4 is 9.64 Å². The minimum Gasteiger partial charge on any atom is -0.500 e. The Morgan fingerprint density at radius 1 is 1.24 bits per heavy atom. The number of hydrogen-bond acceptors (Lipinski definition) is 7. The summed E-state index contributed by atoms with van der Waals surface area (Å²) in [7, 11) is 0. The molecule has 0 N–H and O–H groups in total. The van der Waals surface area contributed by atoms with E-state index in [0.717, 1.165) is 19.1 Å². The standard InChI is InChI=1S/C24H25Cl2FN2O5/c1-3-32-14-17(24(31)33-4-2)22(30)16-11-19(26)21(12-20(16)27)29-10-6-7-15(29)13-34-23-18(25)8-5-9-28-23/h5,8-9,11-12,14-15H,3-4,6-7,10,13H2,1-2H3/b17-14-. The summed E-state index contributed by atoms with van der Waals surface area (Å²) in [4.78, 5) is 31.2. The van der Waals surface area contributed by atoms with Crippen LogP contribution in [0.3, 0.4) is 0 Å². The Balaban J connectivity index is 1.83. The Morgan fingerprint density at radius 2 is 2.03 bits per heavy atom. The molecule has 0 radical (unpaired) electrons. The van der Waals surface area contributed by atoms with E-state index in [1.165, 1.54) is 12.1 Å². The summed E-state index contributed by atoms with van der Waals surface area (Å²) in [6, 6.07) is 5.72. The molecule has 34 heavy (non-hydrogen) atoms. The number of carbonyl (C=O) groups excluding carboxylic acids is 2. The molecule has 1 aromatic heterocycles. The number of halogens is 3. The summed E-state index contributed by atoms with van der Waals surface area (Å²) in [6.07, 6.45) is 4.22. The first-order valence-electron chi connectivity index (χ1n) is 10.9. The van der Waals surface area contributed by atoms with Crippen LogP contribution in [0.25, 0.3) is 0 Å². The van der Waals surface area contributed by atoms with Crippen molar-refractivity contribution in [1.29, 1.82) is 0 Å². The molecule has 3 rings (SSSR count). The molecule has 10 heteroatoms. The molecule has 1 atom stereocenters. The van der Waals surface area contributed by atoms with Gasteiger partial charge >= 0.3 is 5.97 Å². The minimum absolute atomic E-state index is 0.0554. The van der Waals surface area contributed by atoms with Gasteiger partial charge in [-0.05, 0) is 51.0 Å². The second-order valence-corrected chi connectivity index (χ2v) is 8.23. The Kier molecular flexibility index (Phi) is 9.12. The molecule has 7 nitrogen and oxygen atoms in total. The third kappa shape index (κ3) is 5.98. The maximum absolute atomic E-state index is 15.1. The van der Waals surface area contributed by atoms with Crippen molar-refractivity contribution in [1.82, 2.24) is 4.98 Å². The topological polar surface area (TPSA) is 78.0 Å². The Bertz CT molecular complexity index is 1080. The summed E-state index contributed by atoms with van der Waals surface area (Å²) in [5.41, 5.74) is -0.327. The van der Waals surface area contributed by atoms with Gasteiger partial charge in [0.15, 0.2) is 0 Å². The Labute approximate surface area is 207 Å². The van der Waals surface area contributed by atoms with E-state index in [9.17, 15) is 9.59 Å². The number of rotatable bonds is 10. The van der Waals surface area contributed by atoms with Crippen LogP contribution in [0.4, 0.5) is 10.1 Å². The van der Waals surface area contributed by atoms with E-state index in [0.29, 0.717) is 23.1 Å². The van der Waals surface area contributed by atoms with Gasteiger partial charge in [0.1, 0.15) is 29.3 Å². The van der Waals surface area contributed by atoms with Gasteiger partial charge in [0.25, 0.3) is 0 Å². The van der Waals surface area contributed by atoms with Crippen molar-refractivity contribution >= 4 is 40.6 Å². The lowest BCUT2D eigenvalue weighted by Crippen LogP contribution is -2.34. The zero-order chi connectivity index (χ0) is 24.7. The molecule has 1 fully saturated rings. The molecular weight excluding hydrogens is 486 g/mol. The number of carbonyl (C=O) groups is 2. The van der Waals surface area contributed by atoms with E-state index < -0.39 is 23.1 Å². The molecule has 1 aromatic carbocycles. The van der Waals surface area contributed by atoms with Crippen LogP contribution in [0.15, 0.2) is 42.3 Å². The van der Waals surface area contributed by atoms with E-state index in [1.807, 2.05) is 4.90 Å². The molecule has 1 aliphatic rings. The van der Waals surface area contributed by atoms with Crippen LogP contribution in [0, 0.1) is 5.82 Å². The van der Waals surface area contributed by atoms with Crippen molar-refractivity contribution in [3.8, 4) is 5.88 Å². The maximum atomic E-state index is 15.1. The van der Waals surface area contributed by atoms with Crippen molar-refractivity contribution in [3.05, 3.63) is 63.7 Å². The monoisotopic (exact) mass is 510 g/mol. The summed E-state index contributed by atoms with van der Waals surface area (Å²) in [5.74, 6) is -2.26. The van der Waals surface area contributed by atoms with Gasteiger partial charge in [-0.15, -0.1) is 0 Å². The number of ether oxygens (including phenoxy) is 3. The highest BCUT2D eigenvalue weighted by Gasteiger charge is 2.30. The van der Waals surface area contributed by atoms with Crippen LogP contribution in [-0.2, 0) is 14.3 Å². The average Bonchev–Trinajstić information content (AvgIpc) is 3.28. The van der Waals surface area contributed by atoms with E-state index >= 15 is 4.39 Å². The molecule has 2 heterocycles. The zero-order valence-electron chi connectivity index (χ0n) is 18.9. The van der Waals surface area contributed by atoms with Crippen molar-refractivity contribution in [2.75, 3.05) is 31.3 Å². The quantitative estimate of drug-likeness (QED) is 0.108. The van der Waals surface area contributed by atoms with Gasteiger partial charge in [0, 0.05) is 12.7 Å². The molecule has 182 valence electrons. The lowest BCUT2D eigenvalue weighted by molar-refractivity contribution is -0.138. The van der Waals surface area contributed by atoms with E-state index in [1.54, 1.807) is 32.2 Å². The van der Waals surface area contributed by atoms with Gasteiger partial charge in [-0.1, -0.05) is 23.2 Å². The minimum atomic E-state index is -0.898. The van der Waals surface area contributed by atoms with E-state index in [2.05, 4.69) is 4.98 Å². The molecule has 0 spiro atoms. The lowest BCUT2D eigenvalue weighted by atomic mass is 10.0. The number of ketones is 1.